The number of nitrogens with zero attached hydrogens (tertiary/aromatic N) is 3. The molecule has 0 aromatic heterocycles. The first-order valence-electron chi connectivity index (χ1n) is 9.12. The molecular formula is C19H28N4O2. The smallest absolute Gasteiger partial charge is 0.119 e. The van der Waals surface area contributed by atoms with Gasteiger partial charge >= 0.3 is 0 Å². The summed E-state index contributed by atoms with van der Waals surface area (Å²) in [6.45, 7) is 7.00. The van der Waals surface area contributed by atoms with E-state index in [0.717, 1.165) is 39.3 Å². The quantitative estimate of drug-likeness (QED) is 0.750. The van der Waals surface area contributed by atoms with Crippen molar-refractivity contribution >= 4 is 0 Å². The summed E-state index contributed by atoms with van der Waals surface area (Å²) in [5.41, 5.74) is 6.29. The van der Waals surface area contributed by atoms with Crippen LogP contribution in [0.25, 0.3) is 0 Å². The molecule has 0 amide bonds. The number of β-amino-alcohol motifs (C(OH)–C–C–N with tert-alkyl or cyclic N) is 1. The van der Waals surface area contributed by atoms with Crippen molar-refractivity contribution in [2.75, 3.05) is 52.4 Å². The molecule has 2 saturated heterocycles. The van der Waals surface area contributed by atoms with Gasteiger partial charge in [0, 0.05) is 45.8 Å². The number of nitriles is 1. The number of aliphatic hydroxyl groups excluding tert-OH is 1. The van der Waals surface area contributed by atoms with Crippen LogP contribution in [0.1, 0.15) is 12.0 Å². The van der Waals surface area contributed by atoms with Gasteiger partial charge in [0.1, 0.15) is 18.5 Å². The zero-order chi connectivity index (χ0) is 17.6. The highest BCUT2D eigenvalue weighted by molar-refractivity contribution is 5.34. The van der Waals surface area contributed by atoms with Gasteiger partial charge in [0.15, 0.2) is 0 Å². The molecule has 0 spiro atoms. The number of hydrogen-bond acceptors (Lipinski definition) is 6. The summed E-state index contributed by atoms with van der Waals surface area (Å²) >= 11 is 0. The summed E-state index contributed by atoms with van der Waals surface area (Å²) in [5.74, 6) is 2.06. The van der Waals surface area contributed by atoms with Crippen LogP contribution in [0.2, 0.25) is 0 Å². The third-order valence-corrected chi connectivity index (χ3v) is 5.07. The summed E-state index contributed by atoms with van der Waals surface area (Å²) in [4.78, 5) is 4.87. The zero-order valence-corrected chi connectivity index (χ0v) is 14.7. The number of rotatable bonds is 7. The Hall–Kier alpha value is -1.65. The molecule has 1 aromatic rings. The fourth-order valence-electron chi connectivity index (χ4n) is 4.18. The molecule has 2 bridgehead atoms. The van der Waals surface area contributed by atoms with Crippen LogP contribution in [0.4, 0.5) is 0 Å². The van der Waals surface area contributed by atoms with E-state index in [1.165, 1.54) is 6.42 Å². The van der Waals surface area contributed by atoms with E-state index in [2.05, 4.69) is 15.9 Å². The summed E-state index contributed by atoms with van der Waals surface area (Å²) in [5, 5.41) is 19.1. The summed E-state index contributed by atoms with van der Waals surface area (Å²) in [6.07, 6.45) is 0.796. The second-order valence-corrected chi connectivity index (χ2v) is 7.34. The number of benzene rings is 1. The SMILES string of the molecule is N#Cc1ccc(OCC(O)CN2CC3CC(CN(CCN)C3)C2)cc1. The van der Waals surface area contributed by atoms with Gasteiger partial charge in [-0.05, 0) is 42.5 Å². The minimum Gasteiger partial charge on any atom is -0.491 e. The third-order valence-electron chi connectivity index (χ3n) is 5.07. The van der Waals surface area contributed by atoms with Crippen molar-refractivity contribution in [3.63, 3.8) is 0 Å². The molecule has 3 rings (SSSR count). The highest BCUT2D eigenvalue weighted by Crippen LogP contribution is 2.28. The Morgan fingerprint density at radius 1 is 1.16 bits per heavy atom. The summed E-state index contributed by atoms with van der Waals surface area (Å²) in [7, 11) is 0. The third kappa shape index (κ3) is 5.16. The first-order valence-corrected chi connectivity index (χ1v) is 9.12. The van der Waals surface area contributed by atoms with Crippen molar-refractivity contribution < 1.29 is 9.84 Å². The first kappa shape index (κ1) is 18.2. The van der Waals surface area contributed by atoms with Gasteiger partial charge in [-0.25, -0.2) is 0 Å². The fourth-order valence-corrected chi connectivity index (χ4v) is 4.18. The fraction of sp³-hybridized carbons (Fsp3) is 0.632. The van der Waals surface area contributed by atoms with Crippen LogP contribution >= 0.6 is 0 Å². The van der Waals surface area contributed by atoms with Crippen LogP contribution in [0.5, 0.6) is 5.75 Å². The molecular weight excluding hydrogens is 316 g/mol. The van der Waals surface area contributed by atoms with Crippen molar-refractivity contribution in [1.82, 2.24) is 9.80 Å². The topological polar surface area (TPSA) is 85.8 Å². The minimum atomic E-state index is -0.505. The Kier molecular flexibility index (Phi) is 6.27. The molecule has 0 saturated carbocycles. The molecule has 1 aromatic carbocycles. The molecule has 3 atom stereocenters. The predicted molar refractivity (Wildman–Crippen MR) is 96.2 cm³/mol. The van der Waals surface area contributed by atoms with E-state index in [-0.39, 0.29) is 6.61 Å². The maximum atomic E-state index is 10.3. The zero-order valence-electron chi connectivity index (χ0n) is 14.7. The largest absolute Gasteiger partial charge is 0.491 e. The molecule has 6 nitrogen and oxygen atoms in total. The van der Waals surface area contributed by atoms with Gasteiger partial charge in [-0.2, -0.15) is 5.26 Å². The molecule has 6 heteroatoms. The van der Waals surface area contributed by atoms with Gasteiger partial charge in [0.2, 0.25) is 0 Å². The molecule has 2 heterocycles. The molecule has 3 N–H and O–H groups in total. The second-order valence-electron chi connectivity index (χ2n) is 7.34. The monoisotopic (exact) mass is 344 g/mol. The average molecular weight is 344 g/mol. The maximum Gasteiger partial charge on any atom is 0.119 e. The average Bonchev–Trinajstić information content (AvgIpc) is 2.60. The van der Waals surface area contributed by atoms with Gasteiger partial charge in [0.05, 0.1) is 11.6 Å². The summed E-state index contributed by atoms with van der Waals surface area (Å²) in [6, 6.07) is 9.06. The van der Waals surface area contributed by atoms with Crippen LogP contribution in [0.3, 0.4) is 0 Å². The Bertz CT molecular complexity index is 572. The van der Waals surface area contributed by atoms with Crippen molar-refractivity contribution in [2.24, 2.45) is 17.6 Å². The van der Waals surface area contributed by atoms with Gasteiger partial charge < -0.3 is 20.5 Å². The first-order chi connectivity index (χ1) is 12.2. The Balaban J connectivity index is 1.42. The van der Waals surface area contributed by atoms with Gasteiger partial charge in [-0.1, -0.05) is 0 Å². The Morgan fingerprint density at radius 2 is 1.80 bits per heavy atom. The number of nitrogens with two attached hydrogens (primary N) is 1. The highest BCUT2D eigenvalue weighted by atomic mass is 16.5. The molecule has 25 heavy (non-hydrogen) atoms. The van der Waals surface area contributed by atoms with Crippen LogP contribution in [0, 0.1) is 23.2 Å². The number of piperidine rings is 2. The maximum absolute atomic E-state index is 10.3. The summed E-state index contributed by atoms with van der Waals surface area (Å²) < 4.78 is 5.64. The lowest BCUT2D eigenvalue weighted by Crippen LogP contribution is -2.54. The molecule has 2 fully saturated rings. The van der Waals surface area contributed by atoms with Gasteiger partial charge in [0.25, 0.3) is 0 Å². The lowest BCUT2D eigenvalue weighted by atomic mass is 9.84. The van der Waals surface area contributed by atoms with Crippen LogP contribution < -0.4 is 10.5 Å². The van der Waals surface area contributed by atoms with E-state index in [9.17, 15) is 5.11 Å². The van der Waals surface area contributed by atoms with Crippen molar-refractivity contribution in [3.05, 3.63) is 29.8 Å². The molecule has 0 radical (unpaired) electrons. The highest BCUT2D eigenvalue weighted by Gasteiger charge is 2.34. The normalized spacial score (nSPS) is 25.3. The predicted octanol–water partition coefficient (Wildman–Crippen LogP) is 0.510. The minimum absolute atomic E-state index is 0.275. The van der Waals surface area contributed by atoms with Crippen molar-refractivity contribution in [1.29, 1.82) is 5.26 Å². The molecule has 0 aliphatic carbocycles. The molecule has 2 aliphatic rings. The van der Waals surface area contributed by atoms with E-state index in [0.29, 0.717) is 29.7 Å². The van der Waals surface area contributed by atoms with Crippen LogP contribution in [0.15, 0.2) is 24.3 Å². The lowest BCUT2D eigenvalue weighted by molar-refractivity contribution is 0.000932. The standard InChI is InChI=1S/C19H28N4O2/c20-5-6-22-9-16-7-17(10-22)12-23(11-16)13-18(24)14-25-19-3-1-15(8-21)2-4-19/h1-4,16-18,24H,5-7,9-14,20H2. The van der Waals surface area contributed by atoms with E-state index >= 15 is 0 Å². The Labute approximate surface area is 149 Å². The van der Waals surface area contributed by atoms with Gasteiger partial charge in [-0.3, -0.25) is 4.90 Å². The van der Waals surface area contributed by atoms with E-state index in [4.69, 9.17) is 15.7 Å². The van der Waals surface area contributed by atoms with E-state index in [1.54, 1.807) is 24.3 Å². The number of fused-ring (bicyclic) bond motifs is 2. The van der Waals surface area contributed by atoms with Crippen LogP contribution in [-0.4, -0.2) is 73.4 Å². The van der Waals surface area contributed by atoms with E-state index in [1.807, 2.05) is 0 Å². The molecule has 2 aliphatic heterocycles. The van der Waals surface area contributed by atoms with E-state index < -0.39 is 6.10 Å². The lowest BCUT2D eigenvalue weighted by Gasteiger charge is -2.46. The number of ether oxygens (including phenoxy) is 1. The number of hydrogen-bond donors (Lipinski definition) is 2. The molecule has 3 unspecified atom stereocenters. The number of likely N-dealkylation sites (tertiary alicyclic amines) is 2. The van der Waals surface area contributed by atoms with Gasteiger partial charge in [-0.15, -0.1) is 0 Å². The van der Waals surface area contributed by atoms with Crippen molar-refractivity contribution in [2.45, 2.75) is 12.5 Å². The van der Waals surface area contributed by atoms with Crippen molar-refractivity contribution in [3.8, 4) is 11.8 Å². The molecule has 136 valence electrons. The second kappa shape index (κ2) is 8.63. The van der Waals surface area contributed by atoms with Crippen LogP contribution in [-0.2, 0) is 0 Å². The number of aliphatic hydroxyl groups is 1. The Morgan fingerprint density at radius 3 is 2.40 bits per heavy atom.